The molecule has 0 fully saturated rings. The number of carboxylic acids is 1. The summed E-state index contributed by atoms with van der Waals surface area (Å²) in [5.74, 6) is 0.00415. The summed E-state index contributed by atoms with van der Waals surface area (Å²) in [6, 6.07) is 7.40. The van der Waals surface area contributed by atoms with Gasteiger partial charge >= 0.3 is 5.97 Å². The van der Waals surface area contributed by atoms with E-state index in [1.54, 1.807) is 26.0 Å². The van der Waals surface area contributed by atoms with Gasteiger partial charge in [0.25, 0.3) is 0 Å². The average molecular weight is 309 g/mol. The van der Waals surface area contributed by atoms with E-state index in [9.17, 15) is 13.2 Å². The lowest BCUT2D eigenvalue weighted by molar-refractivity contribution is 0.0696. The molecule has 21 heavy (non-hydrogen) atoms. The first kappa shape index (κ1) is 15.3. The molecule has 1 aromatic carbocycles. The molecule has 7 heteroatoms. The second-order valence-corrected chi connectivity index (χ2v) is 6.36. The van der Waals surface area contributed by atoms with Gasteiger partial charge in [0, 0.05) is 0 Å². The van der Waals surface area contributed by atoms with Crippen LogP contribution < -0.4 is 4.72 Å². The molecule has 0 saturated carbocycles. The maximum absolute atomic E-state index is 12.3. The van der Waals surface area contributed by atoms with E-state index in [4.69, 9.17) is 9.52 Å². The first-order valence-corrected chi connectivity index (χ1v) is 7.67. The van der Waals surface area contributed by atoms with Crippen LogP contribution >= 0.6 is 0 Å². The predicted molar refractivity (Wildman–Crippen MR) is 75.6 cm³/mol. The van der Waals surface area contributed by atoms with Crippen molar-refractivity contribution in [3.63, 3.8) is 0 Å². The Labute approximate surface area is 122 Å². The molecule has 1 aromatic heterocycles. The molecular formula is C14H15NO5S. The molecule has 0 bridgehead atoms. The zero-order valence-electron chi connectivity index (χ0n) is 11.6. The summed E-state index contributed by atoms with van der Waals surface area (Å²) in [5.41, 5.74) is 0.401. The van der Waals surface area contributed by atoms with Crippen molar-refractivity contribution < 1.29 is 22.7 Å². The van der Waals surface area contributed by atoms with Crippen molar-refractivity contribution in [2.45, 2.75) is 25.3 Å². The van der Waals surface area contributed by atoms with Crippen molar-refractivity contribution in [1.29, 1.82) is 0 Å². The van der Waals surface area contributed by atoms with Crippen LogP contribution in [0.5, 0.6) is 0 Å². The van der Waals surface area contributed by atoms with Crippen molar-refractivity contribution in [3.05, 3.63) is 53.0 Å². The van der Waals surface area contributed by atoms with Crippen LogP contribution in [-0.2, 0) is 16.6 Å². The molecule has 112 valence electrons. The fourth-order valence-electron chi connectivity index (χ4n) is 1.85. The molecule has 0 spiro atoms. The SMILES string of the molecule is Cc1ccc(CNS(=O)(=O)c2cc(C(=O)O)ccc2C)o1. The maximum atomic E-state index is 12.3. The Morgan fingerprint density at radius 3 is 2.52 bits per heavy atom. The lowest BCUT2D eigenvalue weighted by atomic mass is 10.1. The fraction of sp³-hybridized carbons (Fsp3) is 0.214. The van der Waals surface area contributed by atoms with E-state index in [0.717, 1.165) is 6.07 Å². The minimum Gasteiger partial charge on any atom is -0.478 e. The van der Waals surface area contributed by atoms with E-state index in [1.165, 1.54) is 12.1 Å². The number of hydrogen-bond acceptors (Lipinski definition) is 4. The number of nitrogens with one attached hydrogen (secondary N) is 1. The van der Waals surface area contributed by atoms with E-state index >= 15 is 0 Å². The molecule has 2 N–H and O–H groups in total. The van der Waals surface area contributed by atoms with E-state index in [1.807, 2.05) is 0 Å². The summed E-state index contributed by atoms with van der Waals surface area (Å²) >= 11 is 0. The van der Waals surface area contributed by atoms with Gasteiger partial charge in [-0.05, 0) is 43.7 Å². The number of carbonyl (C=O) groups is 1. The molecular weight excluding hydrogens is 294 g/mol. The zero-order chi connectivity index (χ0) is 15.6. The van der Waals surface area contributed by atoms with Crippen LogP contribution in [0.3, 0.4) is 0 Å². The van der Waals surface area contributed by atoms with Crippen molar-refractivity contribution in [1.82, 2.24) is 4.72 Å². The quantitative estimate of drug-likeness (QED) is 0.881. The molecule has 1 heterocycles. The number of sulfonamides is 1. The maximum Gasteiger partial charge on any atom is 0.335 e. The van der Waals surface area contributed by atoms with Crippen molar-refractivity contribution in [2.75, 3.05) is 0 Å². The van der Waals surface area contributed by atoms with E-state index in [-0.39, 0.29) is 17.0 Å². The normalized spacial score (nSPS) is 11.5. The van der Waals surface area contributed by atoms with E-state index in [0.29, 0.717) is 17.1 Å². The highest BCUT2D eigenvalue weighted by Gasteiger charge is 2.19. The van der Waals surface area contributed by atoms with Crippen LogP contribution in [-0.4, -0.2) is 19.5 Å². The molecule has 0 aliphatic heterocycles. The Hall–Kier alpha value is -2.12. The Bertz CT molecular complexity index is 776. The molecule has 0 aliphatic rings. The zero-order valence-corrected chi connectivity index (χ0v) is 12.4. The molecule has 2 rings (SSSR count). The van der Waals surface area contributed by atoms with Crippen LogP contribution in [0.25, 0.3) is 0 Å². The minimum absolute atomic E-state index is 0.00686. The summed E-state index contributed by atoms with van der Waals surface area (Å²) in [4.78, 5) is 10.9. The van der Waals surface area contributed by atoms with Gasteiger partial charge in [-0.3, -0.25) is 0 Å². The number of carboxylic acid groups (broad SMARTS) is 1. The molecule has 2 aromatic rings. The number of benzene rings is 1. The summed E-state index contributed by atoms with van der Waals surface area (Å²) in [7, 11) is -3.81. The smallest absolute Gasteiger partial charge is 0.335 e. The second kappa shape index (κ2) is 5.71. The highest BCUT2D eigenvalue weighted by molar-refractivity contribution is 7.89. The topological polar surface area (TPSA) is 96.6 Å². The third-order valence-corrected chi connectivity index (χ3v) is 4.50. The van der Waals surface area contributed by atoms with Crippen molar-refractivity contribution in [3.8, 4) is 0 Å². The van der Waals surface area contributed by atoms with E-state index in [2.05, 4.69) is 4.72 Å². The van der Waals surface area contributed by atoms with Crippen LogP contribution in [0.2, 0.25) is 0 Å². The highest BCUT2D eigenvalue weighted by atomic mass is 32.2. The number of hydrogen-bond donors (Lipinski definition) is 2. The lowest BCUT2D eigenvalue weighted by Crippen LogP contribution is -2.24. The second-order valence-electron chi connectivity index (χ2n) is 4.62. The van der Waals surface area contributed by atoms with Gasteiger partial charge < -0.3 is 9.52 Å². The number of aryl methyl sites for hydroxylation is 2. The fourth-order valence-corrected chi connectivity index (χ4v) is 3.11. The molecule has 0 amide bonds. The van der Waals surface area contributed by atoms with Gasteiger partial charge in [0.2, 0.25) is 10.0 Å². The monoisotopic (exact) mass is 309 g/mol. The van der Waals surface area contributed by atoms with Gasteiger partial charge in [0.1, 0.15) is 11.5 Å². The number of furan rings is 1. The lowest BCUT2D eigenvalue weighted by Gasteiger charge is -2.09. The predicted octanol–water partition coefficient (Wildman–Crippen LogP) is 2.07. The van der Waals surface area contributed by atoms with Crippen LogP contribution in [0.4, 0.5) is 0 Å². The Morgan fingerprint density at radius 2 is 1.95 bits per heavy atom. The Kier molecular flexibility index (Phi) is 4.15. The third-order valence-electron chi connectivity index (χ3n) is 2.96. The van der Waals surface area contributed by atoms with Crippen molar-refractivity contribution >= 4 is 16.0 Å². The molecule has 0 atom stereocenters. The van der Waals surface area contributed by atoms with Gasteiger partial charge in [0.05, 0.1) is 17.0 Å². The van der Waals surface area contributed by atoms with E-state index < -0.39 is 16.0 Å². The van der Waals surface area contributed by atoms with Crippen LogP contribution in [0.15, 0.2) is 39.6 Å². The standard InChI is InChI=1S/C14H15NO5S/c1-9-3-5-11(14(16)17)7-13(9)21(18,19)15-8-12-6-4-10(2)20-12/h3-7,15H,8H2,1-2H3,(H,16,17). The number of aromatic carboxylic acids is 1. The summed E-state index contributed by atoms with van der Waals surface area (Å²) in [6.45, 7) is 3.38. The Morgan fingerprint density at radius 1 is 1.24 bits per heavy atom. The van der Waals surface area contributed by atoms with Gasteiger partial charge in [-0.15, -0.1) is 0 Å². The Balaban J connectivity index is 2.26. The number of rotatable bonds is 5. The van der Waals surface area contributed by atoms with Crippen molar-refractivity contribution in [2.24, 2.45) is 0 Å². The largest absolute Gasteiger partial charge is 0.478 e. The van der Waals surface area contributed by atoms with Crippen LogP contribution in [0.1, 0.15) is 27.4 Å². The molecule has 0 radical (unpaired) electrons. The van der Waals surface area contributed by atoms with Gasteiger partial charge in [0.15, 0.2) is 0 Å². The van der Waals surface area contributed by atoms with Crippen LogP contribution in [0, 0.1) is 13.8 Å². The molecule has 0 aliphatic carbocycles. The summed E-state index contributed by atoms with van der Waals surface area (Å²) in [6.07, 6.45) is 0. The highest BCUT2D eigenvalue weighted by Crippen LogP contribution is 2.18. The molecule has 0 unspecified atom stereocenters. The van der Waals surface area contributed by atoms with Gasteiger partial charge in [-0.25, -0.2) is 17.9 Å². The third kappa shape index (κ3) is 3.50. The van der Waals surface area contributed by atoms with Gasteiger partial charge in [-0.2, -0.15) is 0 Å². The van der Waals surface area contributed by atoms with Gasteiger partial charge in [-0.1, -0.05) is 6.07 Å². The minimum atomic E-state index is -3.81. The summed E-state index contributed by atoms with van der Waals surface area (Å²) < 4.78 is 32.2. The molecule has 6 nitrogen and oxygen atoms in total. The summed E-state index contributed by atoms with van der Waals surface area (Å²) in [5, 5.41) is 8.95. The first-order chi connectivity index (χ1) is 9.79. The average Bonchev–Trinajstić information content (AvgIpc) is 2.82. The molecule has 0 saturated heterocycles. The first-order valence-electron chi connectivity index (χ1n) is 6.18.